The Morgan fingerprint density at radius 1 is 0.333 bits per heavy atom. The smallest absolute Gasteiger partial charge is 0.165 e. The molecule has 13 rings (SSSR count). The Hall–Kier alpha value is -7.73. The van der Waals surface area contributed by atoms with Crippen molar-refractivity contribution >= 4 is 96.4 Å². The van der Waals surface area contributed by atoms with Gasteiger partial charge >= 0.3 is 0 Å². The molecule has 10 aromatic carbocycles. The fourth-order valence-corrected chi connectivity index (χ4v) is 10.7. The molecule has 3 aromatic heterocycles. The third-order valence-corrected chi connectivity index (χ3v) is 13.4. The lowest BCUT2D eigenvalue weighted by Gasteiger charge is -2.15. The van der Waals surface area contributed by atoms with Crippen LogP contribution in [-0.2, 0) is 0 Å². The van der Waals surface area contributed by atoms with Crippen LogP contribution in [0.5, 0.6) is 0 Å². The predicted octanol–water partition coefficient (Wildman–Crippen LogP) is 15.0. The van der Waals surface area contributed by atoms with Crippen LogP contribution in [0.3, 0.4) is 0 Å². The Morgan fingerprint density at radius 3 is 1.73 bits per heavy atom. The molecule has 278 valence electrons. The van der Waals surface area contributed by atoms with Crippen LogP contribution in [0.4, 0.5) is 0 Å². The number of para-hydroxylation sites is 1. The minimum Gasteiger partial charge on any atom is -0.309 e. The van der Waals surface area contributed by atoms with Crippen molar-refractivity contribution in [1.29, 1.82) is 0 Å². The lowest BCUT2D eigenvalue weighted by Crippen LogP contribution is -2.02. The largest absolute Gasteiger partial charge is 0.309 e. The fraction of sp³-hybridized carbons (Fsp3) is 0. The number of nitrogens with zero attached hydrogens (tertiary/aromatic N) is 4. The van der Waals surface area contributed by atoms with E-state index in [1.54, 1.807) is 11.3 Å². The van der Waals surface area contributed by atoms with Crippen molar-refractivity contribution in [2.24, 2.45) is 0 Å². The molecule has 0 aliphatic carbocycles. The fourth-order valence-electron chi connectivity index (χ4n) is 9.48. The normalized spacial score (nSPS) is 12.0. The average molecular weight is 781 g/mol. The summed E-state index contributed by atoms with van der Waals surface area (Å²) in [5.41, 5.74) is 6.44. The van der Waals surface area contributed by atoms with Crippen LogP contribution >= 0.6 is 11.3 Å². The summed E-state index contributed by atoms with van der Waals surface area (Å²) in [7, 11) is 0. The molecule has 0 bridgehead atoms. The minimum absolute atomic E-state index is 0.650. The van der Waals surface area contributed by atoms with Gasteiger partial charge in [-0.2, -0.15) is 0 Å². The second kappa shape index (κ2) is 12.9. The number of fused-ring (bicyclic) bond motifs is 11. The van der Waals surface area contributed by atoms with E-state index >= 15 is 0 Å². The molecule has 0 unspecified atom stereocenters. The highest BCUT2D eigenvalue weighted by Crippen LogP contribution is 2.46. The Bertz CT molecular complexity index is 3910. The first-order valence-corrected chi connectivity index (χ1v) is 21.1. The van der Waals surface area contributed by atoms with Gasteiger partial charge in [0.1, 0.15) is 0 Å². The monoisotopic (exact) mass is 780 g/mol. The topological polar surface area (TPSA) is 43.6 Å². The second-order valence-corrected chi connectivity index (χ2v) is 16.6. The van der Waals surface area contributed by atoms with Gasteiger partial charge < -0.3 is 4.57 Å². The van der Waals surface area contributed by atoms with Crippen molar-refractivity contribution in [2.45, 2.75) is 0 Å². The Kier molecular flexibility index (Phi) is 7.14. The van der Waals surface area contributed by atoms with Crippen LogP contribution in [0.1, 0.15) is 0 Å². The van der Waals surface area contributed by atoms with Gasteiger partial charge in [0.25, 0.3) is 0 Å². The molecule has 0 spiro atoms. The van der Waals surface area contributed by atoms with Gasteiger partial charge in [0.15, 0.2) is 17.5 Å². The third-order valence-electron chi connectivity index (χ3n) is 12.2. The van der Waals surface area contributed by atoms with Crippen LogP contribution < -0.4 is 0 Å². The molecule has 0 amide bonds. The van der Waals surface area contributed by atoms with Gasteiger partial charge in [-0.3, -0.25) is 0 Å². The lowest BCUT2D eigenvalue weighted by molar-refractivity contribution is 1.08. The molecular weight excluding hydrogens is 749 g/mol. The Labute approximate surface area is 348 Å². The van der Waals surface area contributed by atoms with Gasteiger partial charge in [-0.05, 0) is 85.6 Å². The van der Waals surface area contributed by atoms with Crippen LogP contribution in [0.15, 0.2) is 194 Å². The summed E-state index contributed by atoms with van der Waals surface area (Å²) in [4.78, 5) is 16.2. The average Bonchev–Trinajstić information content (AvgIpc) is 3.86. The summed E-state index contributed by atoms with van der Waals surface area (Å²) in [6.07, 6.45) is 0. The highest BCUT2D eigenvalue weighted by atomic mass is 32.1. The molecule has 0 aliphatic rings. The summed E-state index contributed by atoms with van der Waals surface area (Å²) < 4.78 is 4.82. The summed E-state index contributed by atoms with van der Waals surface area (Å²) in [6.45, 7) is 0. The molecule has 0 radical (unpaired) electrons. The molecular formula is C55H32N4S. The number of thiophene rings is 1. The highest BCUT2D eigenvalue weighted by molar-refractivity contribution is 7.26. The van der Waals surface area contributed by atoms with E-state index in [9.17, 15) is 0 Å². The number of aromatic nitrogens is 4. The first-order valence-electron chi connectivity index (χ1n) is 20.3. The van der Waals surface area contributed by atoms with Crippen molar-refractivity contribution in [3.63, 3.8) is 0 Å². The van der Waals surface area contributed by atoms with Crippen molar-refractivity contribution in [3.8, 4) is 39.9 Å². The number of rotatable bonds is 4. The first kappa shape index (κ1) is 33.3. The minimum atomic E-state index is 0.650. The maximum absolute atomic E-state index is 5.46. The molecule has 0 saturated heterocycles. The maximum Gasteiger partial charge on any atom is 0.165 e. The number of hydrogen-bond donors (Lipinski definition) is 0. The standard InChI is InChI=1S/C55H32N4S/c1-2-16-35-32-49-45(30-34(35)15-1)41-23-9-11-26-47(41)59(49)48-29-28-44(52-51(48)43-24-10-12-27-50(43)60-52)54-56-53(42-25-13-18-33-14-3-5-19-37(33)42)57-55(58-54)46-31-36-17-4-6-20-38(36)39-21-7-8-22-40(39)46/h1-32H. The Balaban J connectivity index is 1.13. The zero-order chi connectivity index (χ0) is 39.3. The molecule has 60 heavy (non-hydrogen) atoms. The molecule has 0 N–H and O–H groups in total. The quantitative estimate of drug-likeness (QED) is 0.167. The van der Waals surface area contributed by atoms with Crippen LogP contribution in [-0.4, -0.2) is 19.5 Å². The van der Waals surface area contributed by atoms with Crippen LogP contribution in [0.25, 0.3) is 125 Å². The third kappa shape index (κ3) is 4.93. The molecule has 0 saturated carbocycles. The van der Waals surface area contributed by atoms with Gasteiger partial charge in [-0.25, -0.2) is 15.0 Å². The van der Waals surface area contributed by atoms with Gasteiger partial charge in [0.05, 0.1) is 16.7 Å². The van der Waals surface area contributed by atoms with Crippen molar-refractivity contribution < 1.29 is 0 Å². The van der Waals surface area contributed by atoms with E-state index in [2.05, 4.69) is 199 Å². The van der Waals surface area contributed by atoms with E-state index in [1.165, 1.54) is 58.8 Å². The molecule has 0 atom stereocenters. The molecule has 3 heterocycles. The molecule has 4 nitrogen and oxygen atoms in total. The van der Waals surface area contributed by atoms with Crippen molar-refractivity contribution in [1.82, 2.24) is 19.5 Å². The van der Waals surface area contributed by atoms with Gasteiger partial charge in [0, 0.05) is 47.6 Å². The van der Waals surface area contributed by atoms with Crippen LogP contribution in [0, 0.1) is 0 Å². The zero-order valence-corrected chi connectivity index (χ0v) is 33.0. The predicted molar refractivity (Wildman–Crippen MR) is 253 cm³/mol. The van der Waals surface area contributed by atoms with Crippen molar-refractivity contribution in [2.75, 3.05) is 0 Å². The SMILES string of the molecule is c1ccc2cc3c(cc2c1)c1ccccc1n3-c1ccc(-c2nc(-c3cccc4ccccc34)nc(-c3cc4ccccc4c4ccccc34)n2)c2sc3ccccc3c12. The van der Waals surface area contributed by atoms with Crippen molar-refractivity contribution in [3.05, 3.63) is 194 Å². The molecule has 13 aromatic rings. The zero-order valence-electron chi connectivity index (χ0n) is 32.2. The molecule has 5 heteroatoms. The van der Waals surface area contributed by atoms with E-state index in [0.29, 0.717) is 17.5 Å². The lowest BCUT2D eigenvalue weighted by atomic mass is 9.96. The number of hydrogen-bond acceptors (Lipinski definition) is 4. The van der Waals surface area contributed by atoms with E-state index in [4.69, 9.17) is 15.0 Å². The highest BCUT2D eigenvalue weighted by Gasteiger charge is 2.23. The van der Waals surface area contributed by atoms with E-state index in [0.717, 1.165) is 48.6 Å². The van der Waals surface area contributed by atoms with Gasteiger partial charge in [0.2, 0.25) is 0 Å². The van der Waals surface area contributed by atoms with E-state index < -0.39 is 0 Å². The van der Waals surface area contributed by atoms with Gasteiger partial charge in [-0.15, -0.1) is 11.3 Å². The second-order valence-electron chi connectivity index (χ2n) is 15.5. The van der Waals surface area contributed by atoms with Crippen LogP contribution in [0.2, 0.25) is 0 Å². The first-order chi connectivity index (χ1) is 29.7. The summed E-state index contributed by atoms with van der Waals surface area (Å²) in [5.74, 6) is 1.95. The Morgan fingerprint density at radius 2 is 0.917 bits per heavy atom. The van der Waals surface area contributed by atoms with Gasteiger partial charge in [-0.1, -0.05) is 152 Å². The number of benzene rings is 10. The molecule has 0 aliphatic heterocycles. The molecule has 0 fully saturated rings. The van der Waals surface area contributed by atoms with E-state index in [1.807, 2.05) is 0 Å². The summed E-state index contributed by atoms with van der Waals surface area (Å²) in [6, 6.07) is 69.7. The summed E-state index contributed by atoms with van der Waals surface area (Å²) >= 11 is 1.80. The summed E-state index contributed by atoms with van der Waals surface area (Å²) in [5, 5.41) is 14.2. The maximum atomic E-state index is 5.46. The van der Waals surface area contributed by atoms with E-state index in [-0.39, 0.29) is 0 Å².